The lowest BCUT2D eigenvalue weighted by molar-refractivity contribution is -0.117. The first-order valence-corrected chi connectivity index (χ1v) is 9.02. The van der Waals surface area contributed by atoms with Gasteiger partial charge in [0.25, 0.3) is 0 Å². The Balaban J connectivity index is 1.97. The maximum absolute atomic E-state index is 12.6. The van der Waals surface area contributed by atoms with Crippen LogP contribution in [0.5, 0.6) is 0 Å². The second kappa shape index (κ2) is 5.46. The van der Waals surface area contributed by atoms with Crippen LogP contribution in [0.25, 0.3) is 0 Å². The molecule has 0 saturated carbocycles. The summed E-state index contributed by atoms with van der Waals surface area (Å²) in [7, 11) is 0. The maximum atomic E-state index is 12.6. The number of hydrogen-bond donors (Lipinski definition) is 0. The summed E-state index contributed by atoms with van der Waals surface area (Å²) in [4.78, 5) is 15.8. The summed E-state index contributed by atoms with van der Waals surface area (Å²) >= 11 is 1.73. The Labute approximate surface area is 140 Å². The summed E-state index contributed by atoms with van der Waals surface area (Å²) in [6.45, 7) is 6.68. The molecule has 3 nitrogen and oxygen atoms in total. The summed E-state index contributed by atoms with van der Waals surface area (Å²) in [5, 5.41) is 2.09. The van der Waals surface area contributed by atoms with Crippen LogP contribution in [0.1, 0.15) is 47.1 Å². The molecule has 0 spiro atoms. The lowest BCUT2D eigenvalue weighted by atomic mass is 9.80. The minimum Gasteiger partial charge on any atom is -0.373 e. The monoisotopic (exact) mass is 327 g/mol. The van der Waals surface area contributed by atoms with Crippen molar-refractivity contribution in [2.75, 3.05) is 11.5 Å². The van der Waals surface area contributed by atoms with Crippen LogP contribution in [-0.2, 0) is 9.53 Å². The molecule has 2 aromatic rings. The molecule has 0 N–H and O–H groups in total. The van der Waals surface area contributed by atoms with E-state index in [1.807, 2.05) is 4.90 Å². The molecule has 3 atom stereocenters. The van der Waals surface area contributed by atoms with Gasteiger partial charge in [0.2, 0.25) is 5.91 Å². The van der Waals surface area contributed by atoms with Gasteiger partial charge in [0.15, 0.2) is 0 Å². The van der Waals surface area contributed by atoms with E-state index in [-0.39, 0.29) is 18.1 Å². The van der Waals surface area contributed by atoms with E-state index in [9.17, 15) is 4.79 Å². The van der Waals surface area contributed by atoms with Crippen LogP contribution in [0.4, 0.5) is 5.69 Å². The molecule has 2 aliphatic heterocycles. The second-order valence-electron chi connectivity index (χ2n) is 6.61. The first-order valence-electron chi connectivity index (χ1n) is 8.14. The number of amides is 1. The van der Waals surface area contributed by atoms with Gasteiger partial charge in [0.1, 0.15) is 0 Å². The van der Waals surface area contributed by atoms with Crippen molar-refractivity contribution in [3.8, 4) is 0 Å². The number of thiophene rings is 1. The number of anilines is 1. The summed E-state index contributed by atoms with van der Waals surface area (Å²) in [6, 6.07) is 8.65. The van der Waals surface area contributed by atoms with E-state index < -0.39 is 0 Å². The number of rotatable bonds is 1. The number of fused-ring (bicyclic) bond motifs is 3. The van der Waals surface area contributed by atoms with Crippen molar-refractivity contribution in [3.63, 3.8) is 0 Å². The first-order chi connectivity index (χ1) is 11.1. The van der Waals surface area contributed by atoms with Crippen molar-refractivity contribution in [1.29, 1.82) is 0 Å². The van der Waals surface area contributed by atoms with Gasteiger partial charge in [-0.25, -0.2) is 0 Å². The smallest absolute Gasteiger partial charge is 0.224 e. The van der Waals surface area contributed by atoms with E-state index in [0.717, 1.165) is 18.7 Å². The average Bonchev–Trinajstić information content (AvgIpc) is 3.16. The molecule has 1 aromatic heterocycles. The highest BCUT2D eigenvalue weighted by Crippen LogP contribution is 2.54. The van der Waals surface area contributed by atoms with Crippen LogP contribution < -0.4 is 4.90 Å². The van der Waals surface area contributed by atoms with E-state index in [1.54, 1.807) is 18.3 Å². The van der Waals surface area contributed by atoms with Crippen LogP contribution >= 0.6 is 11.3 Å². The third-order valence-corrected chi connectivity index (χ3v) is 5.99. The molecule has 23 heavy (non-hydrogen) atoms. The summed E-state index contributed by atoms with van der Waals surface area (Å²) in [6.07, 6.45) is 1.11. The Bertz CT molecular complexity index is 753. The molecular formula is C19H21NO2S. The maximum Gasteiger partial charge on any atom is 0.224 e. The van der Waals surface area contributed by atoms with E-state index in [2.05, 4.69) is 43.5 Å². The summed E-state index contributed by atoms with van der Waals surface area (Å²) < 4.78 is 6.13. The van der Waals surface area contributed by atoms with Crippen molar-refractivity contribution in [2.45, 2.75) is 39.3 Å². The summed E-state index contributed by atoms with van der Waals surface area (Å²) in [5.41, 5.74) is 4.67. The van der Waals surface area contributed by atoms with Crippen molar-refractivity contribution < 1.29 is 9.53 Å². The van der Waals surface area contributed by atoms with Gasteiger partial charge in [-0.05, 0) is 48.9 Å². The Hall–Kier alpha value is -1.65. The van der Waals surface area contributed by atoms with Gasteiger partial charge >= 0.3 is 0 Å². The van der Waals surface area contributed by atoms with Gasteiger partial charge in [-0.15, -0.1) is 11.3 Å². The number of benzene rings is 1. The zero-order chi connectivity index (χ0) is 16.1. The predicted molar refractivity (Wildman–Crippen MR) is 92.9 cm³/mol. The van der Waals surface area contributed by atoms with Gasteiger partial charge in [0.05, 0.1) is 17.8 Å². The van der Waals surface area contributed by atoms with E-state index in [1.165, 1.54) is 21.6 Å². The molecule has 2 aliphatic rings. The minimum atomic E-state index is 0.0914. The number of carbonyl (C=O) groups is 1. The highest BCUT2D eigenvalue weighted by atomic mass is 32.1. The van der Waals surface area contributed by atoms with Crippen molar-refractivity contribution in [2.24, 2.45) is 5.92 Å². The van der Waals surface area contributed by atoms with E-state index in [0.29, 0.717) is 5.92 Å². The van der Waals surface area contributed by atoms with Crippen molar-refractivity contribution in [3.05, 3.63) is 51.2 Å². The summed E-state index contributed by atoms with van der Waals surface area (Å²) in [5.74, 6) is 0.450. The Morgan fingerprint density at radius 2 is 2.17 bits per heavy atom. The van der Waals surface area contributed by atoms with E-state index in [4.69, 9.17) is 4.74 Å². The highest BCUT2D eigenvalue weighted by Gasteiger charge is 2.47. The molecule has 1 fully saturated rings. The highest BCUT2D eigenvalue weighted by molar-refractivity contribution is 7.10. The molecule has 0 unspecified atom stereocenters. The molecule has 1 aromatic carbocycles. The lowest BCUT2D eigenvalue weighted by Gasteiger charge is -2.43. The molecule has 4 heteroatoms. The van der Waals surface area contributed by atoms with Gasteiger partial charge < -0.3 is 9.64 Å². The van der Waals surface area contributed by atoms with Gasteiger partial charge in [0, 0.05) is 29.9 Å². The molecule has 1 saturated heterocycles. The standard InChI is InChI=1S/C19H21NO2S/c1-11-9-12(2)17-15(10-11)20(13(3)21)18(16-5-4-8-23-16)14-6-7-22-19(14)17/h4-5,8-10,14,18-19H,6-7H2,1-3H3/t14-,18+,19-/m0/s1. The Kier molecular flexibility index (Phi) is 3.54. The predicted octanol–water partition coefficient (Wildman–Crippen LogP) is 4.55. The van der Waals surface area contributed by atoms with Crippen molar-refractivity contribution >= 4 is 22.9 Å². The van der Waals surface area contributed by atoms with Crippen LogP contribution in [0.15, 0.2) is 29.6 Å². The number of aryl methyl sites for hydroxylation is 2. The molecule has 3 heterocycles. The topological polar surface area (TPSA) is 29.5 Å². The fraction of sp³-hybridized carbons (Fsp3) is 0.421. The van der Waals surface area contributed by atoms with Crippen LogP contribution in [0, 0.1) is 19.8 Å². The van der Waals surface area contributed by atoms with Gasteiger partial charge in [-0.1, -0.05) is 12.1 Å². The first kappa shape index (κ1) is 14.9. The molecule has 4 rings (SSSR count). The lowest BCUT2D eigenvalue weighted by Crippen LogP contribution is -2.42. The molecule has 1 amide bonds. The largest absolute Gasteiger partial charge is 0.373 e. The molecule has 0 radical (unpaired) electrons. The quantitative estimate of drug-likeness (QED) is 0.769. The third-order valence-electron chi connectivity index (χ3n) is 5.05. The van der Waals surface area contributed by atoms with Crippen LogP contribution in [-0.4, -0.2) is 12.5 Å². The molecular weight excluding hydrogens is 306 g/mol. The molecule has 0 aliphatic carbocycles. The fourth-order valence-electron chi connectivity index (χ4n) is 4.26. The number of ether oxygens (including phenoxy) is 1. The Morgan fingerprint density at radius 3 is 2.87 bits per heavy atom. The Morgan fingerprint density at radius 1 is 1.35 bits per heavy atom. The molecule has 0 bridgehead atoms. The minimum absolute atomic E-state index is 0.0914. The zero-order valence-electron chi connectivity index (χ0n) is 13.7. The number of nitrogens with zero attached hydrogens (tertiary/aromatic N) is 1. The van der Waals surface area contributed by atoms with Gasteiger partial charge in [-0.3, -0.25) is 4.79 Å². The SMILES string of the molecule is CC(=O)N1c2cc(C)cc(C)c2[C@H]2OCC[C@H]2[C@@H]1c1cccs1. The third kappa shape index (κ3) is 2.24. The molecule has 120 valence electrons. The van der Waals surface area contributed by atoms with Gasteiger partial charge in [-0.2, -0.15) is 0 Å². The number of carbonyl (C=O) groups excluding carboxylic acids is 1. The van der Waals surface area contributed by atoms with E-state index >= 15 is 0 Å². The van der Waals surface area contributed by atoms with Crippen molar-refractivity contribution in [1.82, 2.24) is 0 Å². The average molecular weight is 327 g/mol. The van der Waals surface area contributed by atoms with Crippen LogP contribution in [0.2, 0.25) is 0 Å². The van der Waals surface area contributed by atoms with Crippen LogP contribution in [0.3, 0.4) is 0 Å². The number of hydrogen-bond acceptors (Lipinski definition) is 3. The fourth-order valence-corrected chi connectivity index (χ4v) is 5.15. The zero-order valence-corrected chi connectivity index (χ0v) is 14.5. The normalized spacial score (nSPS) is 26.0. The second-order valence-corrected chi connectivity index (χ2v) is 7.59.